The molecule has 404 valence electrons. The molecule has 0 aliphatic carbocycles. The third-order valence-electron chi connectivity index (χ3n) is 12.5. The molecule has 0 aromatic carbocycles. The molecule has 0 saturated heterocycles. The predicted molar refractivity (Wildman–Crippen MR) is 272 cm³/mol. The molecule has 13 heteroatoms. The van der Waals surface area contributed by atoms with Gasteiger partial charge >= 0.3 is 35.8 Å². The van der Waals surface area contributed by atoms with Gasteiger partial charge in [-0.25, -0.2) is 0 Å². The van der Waals surface area contributed by atoms with Crippen LogP contribution >= 0.6 is 0 Å². The van der Waals surface area contributed by atoms with Crippen LogP contribution in [0.15, 0.2) is 0 Å². The summed E-state index contributed by atoms with van der Waals surface area (Å²) in [6.07, 6.45) is 34.1. The zero-order valence-electron chi connectivity index (χ0n) is 44.4. The number of aliphatic hydroxyl groups excluding tert-OH is 1. The van der Waals surface area contributed by atoms with Crippen molar-refractivity contribution in [2.24, 2.45) is 5.41 Å². The van der Waals surface area contributed by atoms with E-state index in [0.717, 1.165) is 77.0 Å². The number of carbonyl (C=O) groups is 6. The second kappa shape index (κ2) is 49.7. The Bertz CT molecular complexity index is 1110. The summed E-state index contributed by atoms with van der Waals surface area (Å²) in [6, 6.07) is 0. The molecule has 0 spiro atoms. The van der Waals surface area contributed by atoms with Gasteiger partial charge in [-0.3, -0.25) is 28.8 Å². The molecule has 0 aromatic heterocycles. The van der Waals surface area contributed by atoms with Gasteiger partial charge in [0.05, 0.1) is 31.8 Å². The summed E-state index contributed by atoms with van der Waals surface area (Å²) in [7, 11) is 0. The van der Waals surface area contributed by atoms with Gasteiger partial charge in [-0.2, -0.15) is 0 Å². The Balaban J connectivity index is 4.72. The fraction of sp³-hybridized carbons (Fsp3) is 0.893. The SMILES string of the molecule is CCCCCCCCCOC(=O)CCCCCCC(=O)OCC(CO)(COC(=O)CCCCCCC(=O)OCCCCCCCCC)COC(=O)CCCCCCC(=O)OCCCCCCCCC. The van der Waals surface area contributed by atoms with Gasteiger partial charge in [-0.05, 0) is 57.8 Å². The normalized spacial score (nSPS) is 11.3. The van der Waals surface area contributed by atoms with Crippen molar-refractivity contribution in [2.45, 2.75) is 271 Å². The minimum atomic E-state index is -1.35. The quantitative estimate of drug-likeness (QED) is 0.0346. The lowest BCUT2D eigenvalue weighted by Crippen LogP contribution is -2.42. The van der Waals surface area contributed by atoms with Crippen LogP contribution in [0.3, 0.4) is 0 Å². The van der Waals surface area contributed by atoms with Gasteiger partial charge < -0.3 is 33.5 Å². The molecule has 0 radical (unpaired) electrons. The number of esters is 6. The maximum absolute atomic E-state index is 12.8. The smallest absolute Gasteiger partial charge is 0.305 e. The van der Waals surface area contributed by atoms with Crippen molar-refractivity contribution in [3.63, 3.8) is 0 Å². The first kappa shape index (κ1) is 65.8. The molecule has 0 fully saturated rings. The Labute approximate surface area is 419 Å². The van der Waals surface area contributed by atoms with Gasteiger partial charge in [0.15, 0.2) is 0 Å². The maximum Gasteiger partial charge on any atom is 0.305 e. The van der Waals surface area contributed by atoms with Gasteiger partial charge in [-0.15, -0.1) is 0 Å². The lowest BCUT2D eigenvalue weighted by molar-refractivity contribution is -0.165. The lowest BCUT2D eigenvalue weighted by atomic mass is 9.92. The van der Waals surface area contributed by atoms with Crippen molar-refractivity contribution in [3.05, 3.63) is 0 Å². The molecule has 69 heavy (non-hydrogen) atoms. The van der Waals surface area contributed by atoms with Crippen LogP contribution in [-0.2, 0) is 57.2 Å². The van der Waals surface area contributed by atoms with E-state index in [9.17, 15) is 33.9 Å². The summed E-state index contributed by atoms with van der Waals surface area (Å²) in [6.45, 7) is 6.52. The number of carbonyl (C=O) groups excluding carboxylic acids is 6. The van der Waals surface area contributed by atoms with Gasteiger partial charge in [0.25, 0.3) is 0 Å². The van der Waals surface area contributed by atoms with Crippen molar-refractivity contribution in [2.75, 3.05) is 46.2 Å². The van der Waals surface area contributed by atoms with Crippen LogP contribution in [0.5, 0.6) is 0 Å². The molecule has 0 amide bonds. The van der Waals surface area contributed by atoms with E-state index in [1.54, 1.807) is 0 Å². The number of rotatable bonds is 52. The highest BCUT2D eigenvalue weighted by Crippen LogP contribution is 2.22. The van der Waals surface area contributed by atoms with E-state index in [1.807, 2.05) is 0 Å². The fourth-order valence-corrected chi connectivity index (χ4v) is 7.81. The second-order valence-corrected chi connectivity index (χ2v) is 19.4. The van der Waals surface area contributed by atoms with Gasteiger partial charge in [0.1, 0.15) is 19.8 Å². The Kier molecular flexibility index (Phi) is 47.4. The molecule has 1 N–H and O–H groups in total. The van der Waals surface area contributed by atoms with Crippen molar-refractivity contribution >= 4 is 35.8 Å². The minimum Gasteiger partial charge on any atom is -0.466 e. The fourth-order valence-electron chi connectivity index (χ4n) is 7.81. The van der Waals surface area contributed by atoms with E-state index in [0.29, 0.717) is 77.6 Å². The van der Waals surface area contributed by atoms with E-state index in [1.165, 1.54) is 96.3 Å². The molecule has 0 aromatic rings. The Morgan fingerprint density at radius 2 is 0.464 bits per heavy atom. The van der Waals surface area contributed by atoms with Crippen LogP contribution in [0, 0.1) is 5.41 Å². The average Bonchev–Trinajstić information content (AvgIpc) is 3.34. The van der Waals surface area contributed by atoms with E-state index in [4.69, 9.17) is 28.4 Å². The van der Waals surface area contributed by atoms with Crippen molar-refractivity contribution in [3.8, 4) is 0 Å². The van der Waals surface area contributed by atoms with Crippen molar-refractivity contribution in [1.82, 2.24) is 0 Å². The molecular weight excluding hydrogens is 881 g/mol. The summed E-state index contributed by atoms with van der Waals surface area (Å²) >= 11 is 0. The largest absolute Gasteiger partial charge is 0.466 e. The van der Waals surface area contributed by atoms with E-state index < -0.39 is 29.9 Å². The standard InChI is InChI=1S/C56H102O13/c1-4-7-10-13-16-25-34-43-64-50(58)37-28-19-22-31-40-53(61)67-47-56(46-57,48-68-54(62)41-32-23-20-29-38-51(59)65-44-35-26-17-14-11-8-5-2)49-69-55(63)42-33-24-21-30-39-52(60)66-45-36-27-18-15-12-9-6-3/h57H,4-49H2,1-3H3. The van der Waals surface area contributed by atoms with Crippen molar-refractivity contribution < 1.29 is 62.3 Å². The molecule has 13 nitrogen and oxygen atoms in total. The van der Waals surface area contributed by atoms with Crippen LogP contribution in [0.2, 0.25) is 0 Å². The Hall–Kier alpha value is -3.22. The van der Waals surface area contributed by atoms with Crippen LogP contribution in [-0.4, -0.2) is 87.2 Å². The molecule has 0 atom stereocenters. The number of ether oxygens (including phenoxy) is 6. The number of hydrogen-bond acceptors (Lipinski definition) is 13. The van der Waals surface area contributed by atoms with Crippen LogP contribution in [0.1, 0.15) is 271 Å². The number of hydrogen-bond donors (Lipinski definition) is 1. The molecule has 0 saturated carbocycles. The highest BCUT2D eigenvalue weighted by atomic mass is 16.6. The molecule has 0 heterocycles. The van der Waals surface area contributed by atoms with E-state index >= 15 is 0 Å². The Morgan fingerprint density at radius 1 is 0.275 bits per heavy atom. The zero-order chi connectivity index (χ0) is 50.7. The number of aliphatic hydroxyl groups is 1. The van der Waals surface area contributed by atoms with Crippen LogP contribution in [0.4, 0.5) is 0 Å². The summed E-state index contributed by atoms with van der Waals surface area (Å²) < 4.78 is 32.8. The monoisotopic (exact) mass is 983 g/mol. The molecule has 0 rings (SSSR count). The average molecular weight is 983 g/mol. The topological polar surface area (TPSA) is 178 Å². The first-order valence-electron chi connectivity index (χ1n) is 28.2. The van der Waals surface area contributed by atoms with Gasteiger partial charge in [0, 0.05) is 38.5 Å². The Morgan fingerprint density at radius 3 is 0.681 bits per heavy atom. The third kappa shape index (κ3) is 45.7. The molecule has 0 aliphatic heterocycles. The van der Waals surface area contributed by atoms with Crippen molar-refractivity contribution in [1.29, 1.82) is 0 Å². The van der Waals surface area contributed by atoms with Gasteiger partial charge in [-0.1, -0.05) is 175 Å². The highest BCUT2D eigenvalue weighted by molar-refractivity contribution is 5.71. The molecular formula is C56H102O13. The highest BCUT2D eigenvalue weighted by Gasteiger charge is 2.35. The number of unbranched alkanes of at least 4 members (excludes halogenated alkanes) is 27. The first-order valence-corrected chi connectivity index (χ1v) is 28.2. The minimum absolute atomic E-state index is 0.137. The lowest BCUT2D eigenvalue weighted by Gasteiger charge is -2.30. The third-order valence-corrected chi connectivity index (χ3v) is 12.5. The van der Waals surface area contributed by atoms with Gasteiger partial charge in [0.2, 0.25) is 0 Å². The van der Waals surface area contributed by atoms with Crippen LogP contribution < -0.4 is 0 Å². The summed E-state index contributed by atoms with van der Waals surface area (Å²) in [5.74, 6) is -2.01. The second-order valence-electron chi connectivity index (χ2n) is 19.4. The zero-order valence-corrected chi connectivity index (χ0v) is 44.4. The summed E-state index contributed by atoms with van der Waals surface area (Å²) in [5.41, 5.74) is -1.35. The van der Waals surface area contributed by atoms with Crippen LogP contribution in [0.25, 0.3) is 0 Å². The summed E-state index contributed by atoms with van der Waals surface area (Å²) in [4.78, 5) is 74.7. The molecule has 0 aliphatic rings. The molecule has 0 bridgehead atoms. The summed E-state index contributed by atoms with van der Waals surface area (Å²) in [5, 5.41) is 10.5. The predicted octanol–water partition coefficient (Wildman–Crippen LogP) is 13.5. The first-order chi connectivity index (χ1) is 33.6. The molecule has 0 unspecified atom stereocenters. The van der Waals surface area contributed by atoms with E-state index in [2.05, 4.69) is 20.8 Å². The van der Waals surface area contributed by atoms with E-state index in [-0.39, 0.29) is 57.0 Å². The maximum atomic E-state index is 12.8.